The van der Waals surface area contributed by atoms with Gasteiger partial charge in [-0.15, -0.1) is 0 Å². The highest BCUT2D eigenvalue weighted by Gasteiger charge is 2.72. The van der Waals surface area contributed by atoms with E-state index in [4.69, 9.17) is 18.9 Å². The zero-order chi connectivity index (χ0) is 19.1. The maximum Gasteiger partial charge on any atom is 0.164 e. The van der Waals surface area contributed by atoms with Crippen LogP contribution in [0.1, 0.15) is 53.4 Å². The summed E-state index contributed by atoms with van der Waals surface area (Å²) in [5.74, 6) is 1.69. The van der Waals surface area contributed by atoms with Crippen LogP contribution in [0.4, 0.5) is 0 Å². The molecule has 28 heavy (non-hydrogen) atoms. The molecular formula is C24H32O4. The third kappa shape index (κ3) is 2.06. The Labute approximate surface area is 167 Å². The summed E-state index contributed by atoms with van der Waals surface area (Å²) in [6.07, 6.45) is 13.5. The van der Waals surface area contributed by atoms with E-state index in [9.17, 15) is 0 Å². The lowest BCUT2D eigenvalue weighted by atomic mass is 9.47. The van der Waals surface area contributed by atoms with E-state index in [1.807, 2.05) is 0 Å². The topological polar surface area (TPSA) is 36.9 Å². The van der Waals surface area contributed by atoms with E-state index < -0.39 is 11.6 Å². The first-order valence-corrected chi connectivity index (χ1v) is 11.4. The highest BCUT2D eigenvalue weighted by atomic mass is 16.8. The van der Waals surface area contributed by atoms with Crippen LogP contribution in [0.5, 0.6) is 0 Å². The molecule has 2 heterocycles. The van der Waals surface area contributed by atoms with Gasteiger partial charge in [-0.05, 0) is 76.7 Å². The first-order valence-electron chi connectivity index (χ1n) is 11.4. The second-order valence-electron chi connectivity index (χ2n) is 11.3. The summed E-state index contributed by atoms with van der Waals surface area (Å²) in [4.78, 5) is 0. The van der Waals surface area contributed by atoms with Crippen LogP contribution in [0.2, 0.25) is 0 Å². The average Bonchev–Trinajstić information content (AvgIpc) is 3.52. The molecule has 8 rings (SSSR count). The third-order valence-corrected chi connectivity index (χ3v) is 8.59. The van der Waals surface area contributed by atoms with Gasteiger partial charge in [0.1, 0.15) is 6.10 Å². The first-order chi connectivity index (χ1) is 13.3. The Morgan fingerprint density at radius 1 is 0.857 bits per heavy atom. The number of allylic oxidation sites excluding steroid dienone is 1. The number of hydrogen-bond donors (Lipinski definition) is 0. The molecule has 152 valence electrons. The number of fused-ring (bicyclic) bond motifs is 1. The van der Waals surface area contributed by atoms with E-state index in [1.54, 1.807) is 0 Å². The van der Waals surface area contributed by atoms with Crippen LogP contribution >= 0.6 is 0 Å². The van der Waals surface area contributed by atoms with Crippen LogP contribution in [0.3, 0.4) is 0 Å². The second kappa shape index (κ2) is 4.96. The molecular weight excluding hydrogens is 352 g/mol. The molecule has 0 radical (unpaired) electrons. The van der Waals surface area contributed by atoms with E-state index in [0.29, 0.717) is 29.6 Å². The van der Waals surface area contributed by atoms with Crippen molar-refractivity contribution < 1.29 is 18.9 Å². The minimum Gasteiger partial charge on any atom is -0.344 e. The molecule has 5 fully saturated rings. The number of ether oxygens (including phenoxy) is 4. The van der Waals surface area contributed by atoms with Gasteiger partial charge in [-0.2, -0.15) is 0 Å². The van der Waals surface area contributed by atoms with Gasteiger partial charge in [0.2, 0.25) is 0 Å². The molecule has 3 saturated carbocycles. The van der Waals surface area contributed by atoms with E-state index in [2.05, 4.69) is 45.9 Å². The fourth-order valence-corrected chi connectivity index (χ4v) is 7.48. The Morgan fingerprint density at radius 2 is 1.57 bits per heavy atom. The molecule has 8 aliphatic rings. The molecule has 0 spiro atoms. The maximum absolute atomic E-state index is 6.64. The Hall–Kier alpha value is -0.680. The van der Waals surface area contributed by atoms with Gasteiger partial charge in [0, 0.05) is 17.3 Å². The minimum atomic E-state index is -0.503. The molecule has 4 nitrogen and oxygen atoms in total. The van der Waals surface area contributed by atoms with Gasteiger partial charge in [-0.25, -0.2) is 0 Å². The van der Waals surface area contributed by atoms with Crippen molar-refractivity contribution in [2.75, 3.05) is 0 Å². The van der Waals surface area contributed by atoms with Gasteiger partial charge in [-0.1, -0.05) is 18.2 Å². The van der Waals surface area contributed by atoms with Crippen LogP contribution in [0.25, 0.3) is 0 Å². The van der Waals surface area contributed by atoms with Gasteiger partial charge >= 0.3 is 0 Å². The average molecular weight is 385 g/mol. The molecule has 0 N–H and O–H groups in total. The lowest BCUT2D eigenvalue weighted by Crippen LogP contribution is -2.65. The molecule has 6 aliphatic carbocycles. The summed E-state index contributed by atoms with van der Waals surface area (Å²) in [7, 11) is 0. The molecule has 0 aromatic rings. The lowest BCUT2D eigenvalue weighted by Gasteiger charge is -2.60. The SMILES string of the molecule is CC1(C)OC2[C@@H]3[C@@H]4C=C[C@](C5CC5)([C@@H]3C=C(C3CC3)[C@H]2O1)[C@H]1OC(C)(C)O[C@@H]41. The normalized spacial score (nSPS) is 54.9. The molecule has 4 heteroatoms. The van der Waals surface area contributed by atoms with Gasteiger partial charge in [-0.3, -0.25) is 0 Å². The maximum atomic E-state index is 6.64. The predicted octanol–water partition coefficient (Wildman–Crippen LogP) is 4.21. The molecule has 0 aromatic heterocycles. The smallest absolute Gasteiger partial charge is 0.164 e. The predicted molar refractivity (Wildman–Crippen MR) is 103 cm³/mol. The van der Waals surface area contributed by atoms with Crippen LogP contribution in [-0.2, 0) is 18.9 Å². The molecule has 2 aliphatic heterocycles. The molecule has 1 unspecified atom stereocenters. The highest BCUT2D eigenvalue weighted by molar-refractivity contribution is 5.38. The van der Waals surface area contributed by atoms with Crippen LogP contribution in [0, 0.1) is 35.0 Å². The van der Waals surface area contributed by atoms with E-state index in [0.717, 1.165) is 0 Å². The minimum absolute atomic E-state index is 0.0685. The molecule has 0 aromatic carbocycles. The summed E-state index contributed by atoms with van der Waals surface area (Å²) in [5.41, 5.74) is 1.60. The summed E-state index contributed by atoms with van der Waals surface area (Å²) < 4.78 is 26.3. The lowest BCUT2D eigenvalue weighted by molar-refractivity contribution is -0.170. The Bertz CT molecular complexity index is 788. The van der Waals surface area contributed by atoms with Crippen molar-refractivity contribution in [1.82, 2.24) is 0 Å². The zero-order valence-corrected chi connectivity index (χ0v) is 17.4. The standard InChI is InChI=1S/C24H32O4/c1-22(2)25-18-15(12-5-6-12)11-16-17(20(18)27-22)14-9-10-24(16,13-7-8-13)21-19(14)26-23(3,4)28-21/h9-14,16-21H,5-8H2,1-4H3/t14-,16+,17+,18+,19-,20?,21-,24-/m0/s1. The largest absolute Gasteiger partial charge is 0.344 e. The van der Waals surface area contributed by atoms with Crippen molar-refractivity contribution >= 4 is 0 Å². The van der Waals surface area contributed by atoms with Gasteiger partial charge in [0.05, 0.1) is 18.3 Å². The van der Waals surface area contributed by atoms with Crippen molar-refractivity contribution in [1.29, 1.82) is 0 Å². The first kappa shape index (κ1) is 17.0. The van der Waals surface area contributed by atoms with E-state index >= 15 is 0 Å². The van der Waals surface area contributed by atoms with Crippen LogP contribution < -0.4 is 0 Å². The molecule has 2 saturated heterocycles. The quantitative estimate of drug-likeness (QED) is 0.669. The summed E-state index contributed by atoms with van der Waals surface area (Å²) in [5, 5.41) is 0. The van der Waals surface area contributed by atoms with Gasteiger partial charge in [0.25, 0.3) is 0 Å². The highest BCUT2D eigenvalue weighted by Crippen LogP contribution is 2.69. The van der Waals surface area contributed by atoms with Crippen molar-refractivity contribution in [3.63, 3.8) is 0 Å². The summed E-state index contributed by atoms with van der Waals surface area (Å²) in [6, 6.07) is 0. The van der Waals surface area contributed by atoms with Gasteiger partial charge in [0.15, 0.2) is 11.6 Å². The van der Waals surface area contributed by atoms with E-state index in [-0.39, 0.29) is 29.8 Å². The summed E-state index contributed by atoms with van der Waals surface area (Å²) >= 11 is 0. The summed E-state index contributed by atoms with van der Waals surface area (Å²) in [6.45, 7) is 8.34. The Morgan fingerprint density at radius 3 is 2.29 bits per heavy atom. The van der Waals surface area contributed by atoms with E-state index in [1.165, 1.54) is 31.3 Å². The van der Waals surface area contributed by atoms with Crippen LogP contribution in [-0.4, -0.2) is 36.0 Å². The van der Waals surface area contributed by atoms with Crippen molar-refractivity contribution in [3.8, 4) is 0 Å². The zero-order valence-electron chi connectivity index (χ0n) is 17.4. The van der Waals surface area contributed by atoms with Gasteiger partial charge < -0.3 is 18.9 Å². The molecule has 8 atom stereocenters. The fourth-order valence-electron chi connectivity index (χ4n) is 7.48. The number of hydrogen-bond acceptors (Lipinski definition) is 4. The van der Waals surface area contributed by atoms with Crippen molar-refractivity contribution in [2.24, 2.45) is 35.0 Å². The van der Waals surface area contributed by atoms with Crippen LogP contribution in [0.15, 0.2) is 23.8 Å². The second-order valence-corrected chi connectivity index (χ2v) is 11.3. The fraction of sp³-hybridized carbons (Fsp3) is 0.833. The third-order valence-electron chi connectivity index (χ3n) is 8.59. The Balaban J connectivity index is 1.40. The molecule has 0 amide bonds. The molecule has 2 bridgehead atoms. The monoisotopic (exact) mass is 384 g/mol. The Kier molecular flexibility index (Phi) is 3.02. The van der Waals surface area contributed by atoms with Crippen molar-refractivity contribution in [2.45, 2.75) is 89.4 Å². The number of rotatable bonds is 2. The van der Waals surface area contributed by atoms with Crippen molar-refractivity contribution in [3.05, 3.63) is 23.8 Å².